The zero-order chi connectivity index (χ0) is 49.0. The molecule has 0 spiro atoms. The molecule has 0 heterocycles. The molecule has 0 amide bonds. The van der Waals surface area contributed by atoms with Crippen molar-refractivity contribution in [3.8, 4) is 34.5 Å². The van der Waals surface area contributed by atoms with Gasteiger partial charge in [0.1, 0.15) is 46.4 Å². The molecular weight excluding hydrogens is 1090 g/mol. The number of benzene rings is 7. The number of para-hydroxylation sites is 6. The Hall–Kier alpha value is -5.08. The van der Waals surface area contributed by atoms with Gasteiger partial charge >= 0.3 is 0 Å². The van der Waals surface area contributed by atoms with E-state index in [0.29, 0.717) is 46.8 Å². The Labute approximate surface area is 445 Å². The minimum absolute atomic E-state index is 0. The highest BCUT2D eigenvalue weighted by Gasteiger charge is 2.54. The quantitative estimate of drug-likeness (QED) is 0.0532. The predicted molar refractivity (Wildman–Crippen MR) is 279 cm³/mol. The highest BCUT2D eigenvalue weighted by molar-refractivity contribution is 7.96. The van der Waals surface area contributed by atoms with E-state index in [2.05, 4.69) is 60.7 Å². The second-order valence-electron chi connectivity index (χ2n) is 15.9. The van der Waals surface area contributed by atoms with Gasteiger partial charge in [-0.3, -0.25) is 0 Å². The van der Waals surface area contributed by atoms with E-state index in [0.717, 1.165) is 43.0 Å². The first-order chi connectivity index (χ1) is 34.5. The SMILES string of the molecule is COCOc1ccccc1[P+](Cc1cccc(C[P+](c2ccccc2OCOC)(c2ccccc2OCOC)c2ccccc2OCOC)c1)(c1ccccc1OCOC)c1ccccc1OCOC.[Br-].[Br-]. The zero-order valence-corrected chi connectivity index (χ0v) is 46.3. The van der Waals surface area contributed by atoms with E-state index in [1.807, 2.05) is 109 Å². The molecule has 7 rings (SSSR count). The van der Waals surface area contributed by atoms with E-state index < -0.39 is 14.5 Å². The van der Waals surface area contributed by atoms with E-state index in [9.17, 15) is 0 Å². The number of methoxy groups -OCH3 is 6. The molecule has 72 heavy (non-hydrogen) atoms. The summed E-state index contributed by atoms with van der Waals surface area (Å²) in [6.45, 7) is 0.266. The molecule has 0 unspecified atom stereocenters. The molecular formula is C56H62Br2O12P2. The summed E-state index contributed by atoms with van der Waals surface area (Å²) in [5.74, 6) is 4.05. The third kappa shape index (κ3) is 13.4. The standard InChI is InChI=1S/C56H62O12P2.2BrH/c1-57-37-63-45-22-7-13-28-51(45)69(52-29-14-8-23-46(52)64-38-58-2,53-30-15-9-24-47(53)65-39-59-3)35-43-20-19-21-44(34-43)36-70(54-31-16-10-25-48(54)66-40-60-4,55-32-17-11-26-49(55)67-41-61-5)56-33-18-12-27-50(56)68-42-62-6;;/h7-34H,35-42H2,1-6H3;2*1H/q+2;;/p-2. The summed E-state index contributed by atoms with van der Waals surface area (Å²) in [6, 6.07) is 57.8. The first-order valence-corrected chi connectivity index (χ1v) is 26.6. The fourth-order valence-corrected chi connectivity index (χ4v) is 18.0. The Balaban J connectivity index is 0.00000481. The van der Waals surface area contributed by atoms with E-state index in [1.54, 1.807) is 42.7 Å². The van der Waals surface area contributed by atoms with Crippen LogP contribution in [0.2, 0.25) is 0 Å². The topological polar surface area (TPSA) is 111 Å². The van der Waals surface area contributed by atoms with Gasteiger partial charge in [-0.2, -0.15) is 0 Å². The largest absolute Gasteiger partial charge is 1.00 e. The summed E-state index contributed by atoms with van der Waals surface area (Å²) in [5, 5.41) is 5.83. The van der Waals surface area contributed by atoms with Crippen molar-refractivity contribution < 1.29 is 90.8 Å². The molecule has 7 aromatic carbocycles. The summed E-state index contributed by atoms with van der Waals surface area (Å²) in [4.78, 5) is 0. The monoisotopic (exact) mass is 1150 g/mol. The summed E-state index contributed by atoms with van der Waals surface area (Å²) < 4.78 is 72.0. The average molecular weight is 1150 g/mol. The van der Waals surface area contributed by atoms with E-state index >= 15 is 0 Å². The first-order valence-electron chi connectivity index (χ1n) is 22.6. The molecule has 16 heteroatoms. The van der Waals surface area contributed by atoms with Crippen LogP contribution in [0.4, 0.5) is 0 Å². The number of rotatable bonds is 28. The minimum Gasteiger partial charge on any atom is -1.00 e. The number of hydrogen-bond donors (Lipinski definition) is 0. The Kier molecular flexibility index (Phi) is 23.8. The van der Waals surface area contributed by atoms with Crippen molar-refractivity contribution >= 4 is 46.4 Å². The summed E-state index contributed by atoms with van der Waals surface area (Å²) in [7, 11) is 3.81. The summed E-state index contributed by atoms with van der Waals surface area (Å²) >= 11 is 0. The van der Waals surface area contributed by atoms with Gasteiger partial charge in [0.15, 0.2) is 75.3 Å². The number of hydrogen-bond acceptors (Lipinski definition) is 12. The van der Waals surface area contributed by atoms with Crippen molar-refractivity contribution in [3.63, 3.8) is 0 Å². The third-order valence-corrected chi connectivity index (χ3v) is 20.3. The van der Waals surface area contributed by atoms with Crippen LogP contribution in [-0.2, 0) is 40.7 Å². The molecule has 0 aliphatic rings. The molecule has 12 nitrogen and oxygen atoms in total. The van der Waals surface area contributed by atoms with Gasteiger partial charge < -0.3 is 90.8 Å². The number of halogens is 2. The van der Waals surface area contributed by atoms with Gasteiger partial charge in [-0.1, -0.05) is 91.0 Å². The molecule has 0 radical (unpaired) electrons. The molecule has 0 atom stereocenters. The Morgan fingerprint density at radius 2 is 0.458 bits per heavy atom. The van der Waals surface area contributed by atoms with Crippen molar-refractivity contribution in [1.82, 2.24) is 0 Å². The van der Waals surface area contributed by atoms with Crippen LogP contribution in [0, 0.1) is 0 Å². The second-order valence-corrected chi connectivity index (χ2v) is 22.6. The Morgan fingerprint density at radius 1 is 0.264 bits per heavy atom. The molecule has 382 valence electrons. The molecule has 0 aliphatic heterocycles. The lowest BCUT2D eigenvalue weighted by molar-refractivity contribution is -0.001000. The van der Waals surface area contributed by atoms with Gasteiger partial charge in [-0.05, 0) is 90.0 Å². The Bertz CT molecular complexity index is 2300. The van der Waals surface area contributed by atoms with Gasteiger partial charge in [0.25, 0.3) is 0 Å². The predicted octanol–water partition coefficient (Wildman–Crippen LogP) is 2.58. The average Bonchev–Trinajstić information content (AvgIpc) is 3.41. The number of ether oxygens (including phenoxy) is 12. The van der Waals surface area contributed by atoms with Crippen molar-refractivity contribution in [1.29, 1.82) is 0 Å². The van der Waals surface area contributed by atoms with Crippen LogP contribution in [0.15, 0.2) is 170 Å². The molecule has 7 aromatic rings. The fourth-order valence-electron chi connectivity index (χ4n) is 8.77. The lowest BCUT2D eigenvalue weighted by Crippen LogP contribution is -3.00. The van der Waals surface area contributed by atoms with Crippen LogP contribution < -0.4 is 94.2 Å². The van der Waals surface area contributed by atoms with Crippen LogP contribution in [-0.4, -0.2) is 83.4 Å². The second kappa shape index (κ2) is 29.6. The molecule has 0 bridgehead atoms. The maximum absolute atomic E-state index is 6.49. The van der Waals surface area contributed by atoms with Crippen LogP contribution in [0.5, 0.6) is 34.5 Å². The van der Waals surface area contributed by atoms with Crippen LogP contribution in [0.25, 0.3) is 0 Å². The van der Waals surface area contributed by atoms with Gasteiger partial charge in [0.2, 0.25) is 0 Å². The molecule has 0 aliphatic carbocycles. The van der Waals surface area contributed by atoms with Gasteiger partial charge in [-0.25, -0.2) is 0 Å². The van der Waals surface area contributed by atoms with E-state index in [-0.39, 0.29) is 74.7 Å². The van der Waals surface area contributed by atoms with E-state index in [4.69, 9.17) is 56.8 Å². The maximum Gasteiger partial charge on any atom is 0.188 e. The molecule has 0 aromatic heterocycles. The summed E-state index contributed by atoms with van der Waals surface area (Å²) in [5.41, 5.74) is 2.12. The highest BCUT2D eigenvalue weighted by atomic mass is 79.9. The first kappa shape index (κ1) is 57.8. The van der Waals surface area contributed by atoms with Crippen molar-refractivity contribution in [2.45, 2.75) is 12.3 Å². The molecule has 0 saturated carbocycles. The zero-order valence-electron chi connectivity index (χ0n) is 41.4. The van der Waals surface area contributed by atoms with Crippen LogP contribution >= 0.6 is 14.5 Å². The Morgan fingerprint density at radius 3 is 0.653 bits per heavy atom. The third-order valence-electron chi connectivity index (χ3n) is 11.5. The lowest BCUT2D eigenvalue weighted by atomic mass is 10.2. The summed E-state index contributed by atoms with van der Waals surface area (Å²) in [6.07, 6.45) is 1.05. The van der Waals surface area contributed by atoms with Crippen molar-refractivity contribution in [2.75, 3.05) is 83.4 Å². The fraction of sp³-hybridized carbons (Fsp3) is 0.250. The normalized spacial score (nSPS) is 11.2. The smallest absolute Gasteiger partial charge is 0.188 e. The van der Waals surface area contributed by atoms with Crippen molar-refractivity contribution in [2.24, 2.45) is 0 Å². The van der Waals surface area contributed by atoms with Crippen molar-refractivity contribution in [3.05, 3.63) is 181 Å². The maximum atomic E-state index is 6.49. The van der Waals surface area contributed by atoms with Gasteiger partial charge in [-0.15, -0.1) is 0 Å². The van der Waals surface area contributed by atoms with E-state index in [1.165, 1.54) is 0 Å². The highest BCUT2D eigenvalue weighted by Crippen LogP contribution is 2.65. The van der Waals surface area contributed by atoms with Gasteiger partial charge in [0.05, 0.1) is 12.3 Å². The van der Waals surface area contributed by atoms with Crippen LogP contribution in [0.3, 0.4) is 0 Å². The van der Waals surface area contributed by atoms with Gasteiger partial charge in [0, 0.05) is 42.7 Å². The minimum atomic E-state index is -2.95. The molecule has 0 N–H and O–H groups in total. The van der Waals surface area contributed by atoms with Crippen LogP contribution in [0.1, 0.15) is 11.1 Å². The lowest BCUT2D eigenvalue weighted by Gasteiger charge is -2.32. The molecule has 0 saturated heterocycles. The molecule has 0 fully saturated rings.